The monoisotopic (exact) mass is 387 g/mol. The minimum atomic E-state index is -4.84. The van der Waals surface area contributed by atoms with Crippen molar-refractivity contribution in [1.29, 1.82) is 0 Å². The first-order valence-electron chi connectivity index (χ1n) is 9.02. The van der Waals surface area contributed by atoms with Crippen LogP contribution < -0.4 is 20.7 Å². The lowest BCUT2D eigenvalue weighted by Crippen LogP contribution is -2.43. The number of urea groups is 1. The number of halogens is 3. The van der Waals surface area contributed by atoms with Gasteiger partial charge in [0, 0.05) is 19.0 Å². The fourth-order valence-electron chi connectivity index (χ4n) is 2.93. The van der Waals surface area contributed by atoms with Crippen molar-refractivity contribution in [2.24, 2.45) is 0 Å². The van der Waals surface area contributed by atoms with Crippen molar-refractivity contribution in [3.05, 3.63) is 24.3 Å². The first kappa shape index (κ1) is 20.9. The maximum atomic E-state index is 12.4. The molecule has 1 aromatic rings. The lowest BCUT2D eigenvalue weighted by molar-refractivity contribution is -0.274. The summed E-state index contributed by atoms with van der Waals surface area (Å²) in [7, 11) is 0. The fourth-order valence-corrected chi connectivity index (χ4v) is 2.93. The van der Waals surface area contributed by atoms with E-state index in [1.807, 2.05) is 0 Å². The summed E-state index contributed by atoms with van der Waals surface area (Å²) >= 11 is 0. The Kier molecular flexibility index (Phi) is 7.75. The topological polar surface area (TPSA) is 79.5 Å². The molecule has 1 aromatic carbocycles. The van der Waals surface area contributed by atoms with E-state index < -0.39 is 18.0 Å². The van der Waals surface area contributed by atoms with Crippen molar-refractivity contribution >= 4 is 17.6 Å². The molecule has 6 nitrogen and oxygen atoms in total. The quantitative estimate of drug-likeness (QED) is 0.620. The summed E-state index contributed by atoms with van der Waals surface area (Å²) in [6.07, 6.45) is 0.985. The highest BCUT2D eigenvalue weighted by molar-refractivity contribution is 5.92. The van der Waals surface area contributed by atoms with Crippen LogP contribution in [0, 0.1) is 0 Å². The van der Waals surface area contributed by atoms with Gasteiger partial charge in [0.1, 0.15) is 0 Å². The van der Waals surface area contributed by atoms with Crippen LogP contribution in [-0.2, 0) is 4.79 Å². The number of alkyl halides is 3. The van der Waals surface area contributed by atoms with Crippen LogP contribution in [0.2, 0.25) is 0 Å². The van der Waals surface area contributed by atoms with E-state index in [2.05, 4.69) is 20.7 Å². The van der Waals surface area contributed by atoms with Crippen LogP contribution >= 0.6 is 0 Å². The number of para-hydroxylation sites is 2. The third-order valence-corrected chi connectivity index (χ3v) is 4.19. The second-order valence-electron chi connectivity index (χ2n) is 6.43. The summed E-state index contributed by atoms with van der Waals surface area (Å²) in [6.45, 7) is 0.298. The molecule has 1 aliphatic rings. The zero-order valence-electron chi connectivity index (χ0n) is 14.9. The van der Waals surface area contributed by atoms with Gasteiger partial charge in [0.25, 0.3) is 0 Å². The second kappa shape index (κ2) is 10.0. The molecule has 0 saturated heterocycles. The van der Waals surface area contributed by atoms with Crippen molar-refractivity contribution in [2.75, 3.05) is 11.9 Å². The molecule has 0 aliphatic heterocycles. The Hall–Kier alpha value is -2.45. The largest absolute Gasteiger partial charge is 0.573 e. The van der Waals surface area contributed by atoms with E-state index in [1.165, 1.54) is 24.6 Å². The van der Waals surface area contributed by atoms with Gasteiger partial charge >= 0.3 is 12.4 Å². The summed E-state index contributed by atoms with van der Waals surface area (Å²) < 4.78 is 41.0. The van der Waals surface area contributed by atoms with Crippen LogP contribution in [-0.4, -0.2) is 30.9 Å². The predicted octanol–water partition coefficient (Wildman–Crippen LogP) is 3.94. The first-order valence-corrected chi connectivity index (χ1v) is 9.02. The molecule has 1 fully saturated rings. The third kappa shape index (κ3) is 8.19. The van der Waals surface area contributed by atoms with Crippen molar-refractivity contribution in [1.82, 2.24) is 10.6 Å². The Morgan fingerprint density at radius 1 is 1.11 bits per heavy atom. The van der Waals surface area contributed by atoms with Crippen LogP contribution in [0.3, 0.4) is 0 Å². The zero-order chi connectivity index (χ0) is 19.7. The van der Waals surface area contributed by atoms with Gasteiger partial charge in [-0.1, -0.05) is 31.4 Å². The number of amides is 3. The third-order valence-electron chi connectivity index (χ3n) is 4.19. The molecule has 3 N–H and O–H groups in total. The van der Waals surface area contributed by atoms with Crippen LogP contribution in [0.15, 0.2) is 24.3 Å². The maximum Gasteiger partial charge on any atom is 0.573 e. The molecule has 27 heavy (non-hydrogen) atoms. The number of hydrogen-bond acceptors (Lipinski definition) is 3. The number of nitrogens with one attached hydrogen (secondary N) is 3. The van der Waals surface area contributed by atoms with Gasteiger partial charge in [-0.05, 0) is 31.4 Å². The summed E-state index contributed by atoms with van der Waals surface area (Å²) in [5, 5.41) is 7.99. The Labute approximate surface area is 155 Å². The molecule has 0 unspecified atom stereocenters. The normalized spacial score (nSPS) is 15.1. The molecule has 1 aliphatic carbocycles. The van der Waals surface area contributed by atoms with Gasteiger partial charge in [-0.3, -0.25) is 4.79 Å². The first-order chi connectivity index (χ1) is 12.8. The SMILES string of the molecule is O=C(CCCNC(=O)NC1CCCCC1)Nc1ccccc1OC(F)(F)F. The molecule has 0 radical (unpaired) electrons. The summed E-state index contributed by atoms with van der Waals surface area (Å²) in [5.74, 6) is -0.925. The predicted molar refractivity (Wildman–Crippen MR) is 94.4 cm³/mol. The van der Waals surface area contributed by atoms with Gasteiger partial charge in [0.15, 0.2) is 5.75 Å². The minimum Gasteiger partial charge on any atom is -0.404 e. The lowest BCUT2D eigenvalue weighted by atomic mass is 9.96. The van der Waals surface area contributed by atoms with E-state index in [4.69, 9.17) is 0 Å². The molecular weight excluding hydrogens is 363 g/mol. The Morgan fingerprint density at radius 2 is 1.81 bits per heavy atom. The smallest absolute Gasteiger partial charge is 0.404 e. The second-order valence-corrected chi connectivity index (χ2v) is 6.43. The molecular formula is C18H24F3N3O3. The van der Waals surface area contributed by atoms with E-state index in [9.17, 15) is 22.8 Å². The Bertz CT molecular complexity index is 632. The molecule has 0 aromatic heterocycles. The van der Waals surface area contributed by atoms with E-state index in [0.29, 0.717) is 13.0 Å². The van der Waals surface area contributed by atoms with Crippen molar-refractivity contribution in [3.8, 4) is 5.75 Å². The molecule has 2 rings (SSSR count). The number of carbonyl (C=O) groups excluding carboxylic acids is 2. The Morgan fingerprint density at radius 3 is 2.52 bits per heavy atom. The summed E-state index contributed by atoms with van der Waals surface area (Å²) in [4.78, 5) is 23.7. The van der Waals surface area contributed by atoms with Crippen LogP contribution in [0.5, 0.6) is 5.75 Å². The van der Waals surface area contributed by atoms with Crippen LogP contribution in [0.4, 0.5) is 23.7 Å². The zero-order valence-corrected chi connectivity index (χ0v) is 14.9. The number of anilines is 1. The van der Waals surface area contributed by atoms with Gasteiger partial charge in [-0.15, -0.1) is 13.2 Å². The maximum absolute atomic E-state index is 12.4. The standard InChI is InChI=1S/C18H24F3N3O3/c19-18(20,21)27-15-10-5-4-9-14(15)24-16(25)11-6-12-22-17(26)23-13-7-2-1-3-8-13/h4-5,9-10,13H,1-3,6-8,11-12H2,(H,24,25)(H2,22,23,26). The minimum absolute atomic E-state index is 0.0529. The van der Waals surface area contributed by atoms with E-state index in [0.717, 1.165) is 31.7 Å². The molecule has 9 heteroatoms. The van der Waals surface area contributed by atoms with E-state index >= 15 is 0 Å². The van der Waals surface area contributed by atoms with E-state index in [1.54, 1.807) is 0 Å². The summed E-state index contributed by atoms with van der Waals surface area (Å²) in [6, 6.07) is 5.27. The van der Waals surface area contributed by atoms with Gasteiger partial charge in [-0.25, -0.2) is 4.79 Å². The lowest BCUT2D eigenvalue weighted by Gasteiger charge is -2.22. The molecule has 150 valence electrons. The number of carbonyl (C=O) groups is 2. The number of benzene rings is 1. The molecule has 0 atom stereocenters. The van der Waals surface area contributed by atoms with Gasteiger partial charge in [0.2, 0.25) is 5.91 Å². The Balaban J connectivity index is 1.68. The van der Waals surface area contributed by atoms with Crippen LogP contribution in [0.1, 0.15) is 44.9 Å². The van der Waals surface area contributed by atoms with Crippen molar-refractivity contribution < 1.29 is 27.5 Å². The highest BCUT2D eigenvalue weighted by Gasteiger charge is 2.32. The highest BCUT2D eigenvalue weighted by Crippen LogP contribution is 2.29. The van der Waals surface area contributed by atoms with Crippen molar-refractivity contribution in [3.63, 3.8) is 0 Å². The van der Waals surface area contributed by atoms with Gasteiger partial charge < -0.3 is 20.7 Å². The van der Waals surface area contributed by atoms with E-state index in [-0.39, 0.29) is 24.2 Å². The van der Waals surface area contributed by atoms with Crippen LogP contribution in [0.25, 0.3) is 0 Å². The molecule has 3 amide bonds. The fraction of sp³-hybridized carbons (Fsp3) is 0.556. The molecule has 0 spiro atoms. The van der Waals surface area contributed by atoms with Crippen molar-refractivity contribution in [2.45, 2.75) is 57.3 Å². The molecule has 0 heterocycles. The van der Waals surface area contributed by atoms with Gasteiger partial charge in [0.05, 0.1) is 5.69 Å². The highest BCUT2D eigenvalue weighted by atomic mass is 19.4. The average molecular weight is 387 g/mol. The van der Waals surface area contributed by atoms with Gasteiger partial charge in [-0.2, -0.15) is 0 Å². The molecule has 1 saturated carbocycles. The number of hydrogen-bond donors (Lipinski definition) is 3. The number of ether oxygens (including phenoxy) is 1. The average Bonchev–Trinajstić information content (AvgIpc) is 2.60. The summed E-state index contributed by atoms with van der Waals surface area (Å²) in [5.41, 5.74) is -0.0529. The number of rotatable bonds is 7. The molecule has 0 bridgehead atoms.